The Balaban J connectivity index is 1.74. The van der Waals surface area contributed by atoms with Crippen LogP contribution in [0.15, 0.2) is 41.1 Å². The van der Waals surface area contributed by atoms with Crippen LogP contribution in [0.4, 0.5) is 0 Å². The summed E-state index contributed by atoms with van der Waals surface area (Å²) in [6.07, 6.45) is 3.02. The number of carbonyl (C=O) groups excluding carboxylic acids is 2. The number of morpholine rings is 1. The Morgan fingerprint density at radius 1 is 1.35 bits per heavy atom. The van der Waals surface area contributed by atoms with Crippen LogP contribution in [0, 0.1) is 0 Å². The van der Waals surface area contributed by atoms with Crippen molar-refractivity contribution in [3.8, 4) is 0 Å². The highest BCUT2D eigenvalue weighted by Gasteiger charge is 2.31. The number of carbonyl (C=O) groups is 2. The van der Waals surface area contributed by atoms with Gasteiger partial charge in [-0.15, -0.1) is 0 Å². The van der Waals surface area contributed by atoms with Gasteiger partial charge < -0.3 is 14.1 Å². The third-order valence-corrected chi connectivity index (χ3v) is 3.88. The van der Waals surface area contributed by atoms with Gasteiger partial charge in [-0.25, -0.2) is 4.98 Å². The Bertz CT molecular complexity index is 685. The van der Waals surface area contributed by atoms with E-state index in [1.165, 1.54) is 12.5 Å². The zero-order chi connectivity index (χ0) is 16.2. The van der Waals surface area contributed by atoms with Crippen molar-refractivity contribution in [2.24, 2.45) is 0 Å². The Kier molecular flexibility index (Phi) is 4.73. The van der Waals surface area contributed by atoms with Gasteiger partial charge in [0.05, 0.1) is 30.5 Å². The average Bonchev–Trinajstić information content (AvgIpc) is 3.10. The van der Waals surface area contributed by atoms with Gasteiger partial charge in [-0.2, -0.15) is 0 Å². The molecule has 0 radical (unpaired) electrons. The summed E-state index contributed by atoms with van der Waals surface area (Å²) in [4.78, 5) is 30.5. The van der Waals surface area contributed by atoms with Crippen LogP contribution in [0.1, 0.15) is 27.5 Å². The number of ether oxygens (including phenoxy) is 1. The van der Waals surface area contributed by atoms with Gasteiger partial charge in [0, 0.05) is 19.2 Å². The molecule has 1 fully saturated rings. The molecule has 2 aromatic rings. The lowest BCUT2D eigenvalue weighted by Crippen LogP contribution is -2.49. The largest absolute Gasteiger partial charge is 0.461 e. The van der Waals surface area contributed by atoms with Gasteiger partial charge in [-0.1, -0.05) is 11.6 Å². The molecule has 7 heteroatoms. The molecular formula is C16H15ClN2O4. The zero-order valence-corrected chi connectivity index (χ0v) is 13.0. The molecular weight excluding hydrogens is 320 g/mol. The fourth-order valence-corrected chi connectivity index (χ4v) is 2.60. The van der Waals surface area contributed by atoms with Gasteiger partial charge in [-0.05, 0) is 24.3 Å². The minimum atomic E-state index is -0.341. The molecule has 1 saturated heterocycles. The molecule has 0 saturated carbocycles. The molecule has 1 aliphatic heterocycles. The first-order chi connectivity index (χ1) is 11.1. The molecule has 120 valence electrons. The van der Waals surface area contributed by atoms with Crippen LogP contribution in [-0.2, 0) is 4.74 Å². The summed E-state index contributed by atoms with van der Waals surface area (Å²) in [6.45, 7) is 1.16. The molecule has 3 rings (SSSR count). The van der Waals surface area contributed by atoms with Crippen LogP contribution in [0.3, 0.4) is 0 Å². The van der Waals surface area contributed by atoms with Crippen LogP contribution in [-0.4, -0.2) is 47.4 Å². The van der Waals surface area contributed by atoms with Crippen molar-refractivity contribution in [2.75, 3.05) is 19.8 Å². The minimum absolute atomic E-state index is 0.146. The number of ketones is 1. The van der Waals surface area contributed by atoms with E-state index in [-0.39, 0.29) is 29.9 Å². The van der Waals surface area contributed by atoms with Gasteiger partial charge in [0.2, 0.25) is 0 Å². The van der Waals surface area contributed by atoms with E-state index in [2.05, 4.69) is 4.98 Å². The lowest BCUT2D eigenvalue weighted by atomic mass is 10.1. The van der Waals surface area contributed by atoms with Crippen LogP contribution < -0.4 is 0 Å². The molecule has 0 N–H and O–H groups in total. The molecule has 1 atom stereocenters. The molecule has 23 heavy (non-hydrogen) atoms. The van der Waals surface area contributed by atoms with Crippen molar-refractivity contribution in [2.45, 2.75) is 12.5 Å². The summed E-state index contributed by atoms with van der Waals surface area (Å²) in [5.41, 5.74) is 0.298. The van der Waals surface area contributed by atoms with Crippen LogP contribution in [0.5, 0.6) is 0 Å². The predicted molar refractivity (Wildman–Crippen MR) is 82.5 cm³/mol. The van der Waals surface area contributed by atoms with Gasteiger partial charge in [0.25, 0.3) is 5.91 Å². The van der Waals surface area contributed by atoms with Crippen molar-refractivity contribution < 1.29 is 18.7 Å². The number of Topliss-reactive ketones (excluding diaryl/α,β-unsaturated/α-hetero) is 1. The predicted octanol–water partition coefficient (Wildman–Crippen LogP) is 2.44. The van der Waals surface area contributed by atoms with Crippen LogP contribution in [0.25, 0.3) is 0 Å². The highest BCUT2D eigenvalue weighted by atomic mass is 35.5. The first-order valence-corrected chi connectivity index (χ1v) is 7.60. The Labute approximate surface area is 138 Å². The lowest BCUT2D eigenvalue weighted by molar-refractivity contribution is -0.00332. The third kappa shape index (κ3) is 3.60. The molecule has 3 heterocycles. The molecule has 1 aliphatic rings. The highest BCUT2D eigenvalue weighted by Crippen LogP contribution is 2.17. The second-order valence-electron chi connectivity index (χ2n) is 5.19. The van der Waals surface area contributed by atoms with Crippen LogP contribution >= 0.6 is 11.6 Å². The van der Waals surface area contributed by atoms with E-state index >= 15 is 0 Å². The molecule has 6 nitrogen and oxygen atoms in total. The maximum atomic E-state index is 12.6. The van der Waals surface area contributed by atoms with Crippen molar-refractivity contribution in [3.05, 3.63) is 53.2 Å². The molecule has 2 aromatic heterocycles. The zero-order valence-electron chi connectivity index (χ0n) is 12.3. The number of hydrogen-bond donors (Lipinski definition) is 0. The van der Waals surface area contributed by atoms with Gasteiger partial charge >= 0.3 is 0 Å². The molecule has 0 unspecified atom stereocenters. The smallest absolute Gasteiger partial charge is 0.272 e. The summed E-state index contributed by atoms with van der Waals surface area (Å²) < 4.78 is 10.5. The summed E-state index contributed by atoms with van der Waals surface area (Å²) in [6, 6.07) is 6.12. The number of aromatic nitrogens is 1. The number of rotatable bonds is 4. The van der Waals surface area contributed by atoms with Gasteiger partial charge in [0.15, 0.2) is 11.5 Å². The molecule has 0 spiro atoms. The fourth-order valence-electron chi connectivity index (χ4n) is 2.49. The summed E-state index contributed by atoms with van der Waals surface area (Å²) in [5.74, 6) is -0.109. The van der Waals surface area contributed by atoms with E-state index in [4.69, 9.17) is 20.8 Å². The van der Waals surface area contributed by atoms with E-state index in [0.717, 1.165) is 0 Å². The average molecular weight is 335 g/mol. The second kappa shape index (κ2) is 6.93. The first-order valence-electron chi connectivity index (χ1n) is 7.22. The Morgan fingerprint density at radius 2 is 2.22 bits per heavy atom. The summed E-state index contributed by atoms with van der Waals surface area (Å²) in [5, 5.41) is 0.466. The number of nitrogens with zero attached hydrogens (tertiary/aromatic N) is 2. The monoisotopic (exact) mass is 334 g/mol. The van der Waals surface area contributed by atoms with E-state index in [1.54, 1.807) is 29.2 Å². The number of pyridine rings is 1. The highest BCUT2D eigenvalue weighted by molar-refractivity contribution is 6.30. The molecule has 1 amide bonds. The maximum Gasteiger partial charge on any atom is 0.272 e. The lowest BCUT2D eigenvalue weighted by Gasteiger charge is -2.35. The van der Waals surface area contributed by atoms with Gasteiger partial charge in [0.1, 0.15) is 5.69 Å². The first kappa shape index (κ1) is 15.7. The maximum absolute atomic E-state index is 12.6. The fraction of sp³-hybridized carbons (Fsp3) is 0.312. The SMILES string of the molecule is O=C(C[C@@H]1COCCN1C(=O)c1ccc(Cl)cn1)c1ccco1. The Hall–Kier alpha value is -2.18. The van der Waals surface area contributed by atoms with E-state index in [9.17, 15) is 9.59 Å². The van der Waals surface area contributed by atoms with Gasteiger partial charge in [-0.3, -0.25) is 9.59 Å². The van der Waals surface area contributed by atoms with Crippen molar-refractivity contribution >= 4 is 23.3 Å². The molecule has 0 aliphatic carbocycles. The van der Waals surface area contributed by atoms with Crippen LogP contribution in [0.2, 0.25) is 5.02 Å². The number of halogens is 1. The number of hydrogen-bond acceptors (Lipinski definition) is 5. The second-order valence-corrected chi connectivity index (χ2v) is 5.63. The number of amides is 1. The van der Waals surface area contributed by atoms with Crippen molar-refractivity contribution in [1.29, 1.82) is 0 Å². The van der Waals surface area contributed by atoms with E-state index in [0.29, 0.717) is 30.5 Å². The van der Waals surface area contributed by atoms with E-state index in [1.807, 2.05) is 0 Å². The Morgan fingerprint density at radius 3 is 2.91 bits per heavy atom. The third-order valence-electron chi connectivity index (χ3n) is 3.65. The van der Waals surface area contributed by atoms with E-state index < -0.39 is 0 Å². The summed E-state index contributed by atoms with van der Waals surface area (Å²) >= 11 is 5.79. The topological polar surface area (TPSA) is 72.6 Å². The standard InChI is InChI=1S/C16H15ClN2O4/c17-11-3-4-13(18-9-11)16(21)19-5-7-22-10-12(19)8-14(20)15-2-1-6-23-15/h1-4,6,9,12H,5,7-8,10H2/t12-/m1/s1. The molecule has 0 bridgehead atoms. The summed E-state index contributed by atoms with van der Waals surface area (Å²) in [7, 11) is 0. The van der Waals surface area contributed by atoms with Crippen molar-refractivity contribution in [3.63, 3.8) is 0 Å². The molecule has 0 aromatic carbocycles. The number of furan rings is 1. The quantitative estimate of drug-likeness (QED) is 0.803. The minimum Gasteiger partial charge on any atom is -0.461 e. The van der Waals surface area contributed by atoms with Crippen molar-refractivity contribution in [1.82, 2.24) is 9.88 Å². The normalized spacial score (nSPS) is 18.0.